The molecule has 2 aliphatic heterocycles. The fraction of sp³-hybridized carbons (Fsp3) is 0.393. The van der Waals surface area contributed by atoms with Crippen LogP contribution in [0.4, 0.5) is 0 Å². The first-order valence-electron chi connectivity index (χ1n) is 11.5. The highest BCUT2D eigenvalue weighted by Gasteiger charge is 2.20. The molecule has 174 valence electrons. The van der Waals surface area contributed by atoms with Crippen LogP contribution in [0.3, 0.4) is 0 Å². The van der Waals surface area contributed by atoms with Crippen LogP contribution in [0.25, 0.3) is 0 Å². The summed E-state index contributed by atoms with van der Waals surface area (Å²) in [5.41, 5.74) is 5.39. The molecule has 2 aromatic carbocycles. The number of hydrogen-bond acceptors (Lipinski definition) is 5. The third-order valence-corrected chi connectivity index (χ3v) is 6.22. The summed E-state index contributed by atoms with van der Waals surface area (Å²) in [5, 5.41) is 0. The Hall–Kier alpha value is -3.05. The molecule has 0 spiro atoms. The zero-order valence-electron chi connectivity index (χ0n) is 20.4. The van der Waals surface area contributed by atoms with Crippen molar-refractivity contribution in [1.82, 2.24) is 4.90 Å². The lowest BCUT2D eigenvalue weighted by Gasteiger charge is -2.30. The van der Waals surface area contributed by atoms with Crippen LogP contribution in [0.15, 0.2) is 65.0 Å². The minimum atomic E-state index is 0.128. The van der Waals surface area contributed by atoms with Crippen molar-refractivity contribution in [3.05, 3.63) is 76.7 Å². The largest absolute Gasteiger partial charge is 0.493 e. The number of benzene rings is 2. The maximum Gasteiger partial charge on any atom is 0.215 e. The first-order valence-corrected chi connectivity index (χ1v) is 11.5. The van der Waals surface area contributed by atoms with E-state index in [2.05, 4.69) is 67.1 Å². The molecule has 0 unspecified atom stereocenters. The molecule has 0 fully saturated rings. The molecule has 0 radical (unpaired) electrons. The molecule has 5 heteroatoms. The van der Waals surface area contributed by atoms with Gasteiger partial charge in [0.05, 0.1) is 14.2 Å². The van der Waals surface area contributed by atoms with Gasteiger partial charge in [-0.1, -0.05) is 38.5 Å². The third kappa shape index (κ3) is 5.66. The monoisotopic (exact) mass is 446 g/mol. The smallest absolute Gasteiger partial charge is 0.215 e. The molecule has 5 nitrogen and oxygen atoms in total. The summed E-state index contributed by atoms with van der Waals surface area (Å²) in [7, 11) is 3.37. The maximum atomic E-state index is 6.03. The van der Waals surface area contributed by atoms with Crippen molar-refractivity contribution in [3.63, 3.8) is 0 Å². The van der Waals surface area contributed by atoms with Crippen LogP contribution in [0.2, 0.25) is 0 Å². The van der Waals surface area contributed by atoms with Crippen molar-refractivity contribution < 1.29 is 14.2 Å². The summed E-state index contributed by atoms with van der Waals surface area (Å²) in [6.45, 7) is 9.46. The van der Waals surface area contributed by atoms with Gasteiger partial charge in [-0.05, 0) is 71.4 Å². The molecule has 0 N–H and O–H groups in total. The number of allylic oxidation sites excluding steroid dienone is 2. The minimum Gasteiger partial charge on any atom is -0.493 e. The van der Waals surface area contributed by atoms with Gasteiger partial charge in [-0.25, -0.2) is 4.99 Å². The van der Waals surface area contributed by atoms with Gasteiger partial charge in [-0.3, -0.25) is 4.90 Å². The highest BCUT2D eigenvalue weighted by atomic mass is 16.5. The standard InChI is InChI=1S/C28H34N2O3/c1-28(2,3)23-7-9-24(10-8-23)33-27-11-6-20(12-14-29-27)18-30-15-13-21-16-25(31-4)26(32-5)17-22(21)19-30/h7-12,14,16-17H,6,13,15,18-19H2,1-5H3. The van der Waals surface area contributed by atoms with E-state index >= 15 is 0 Å². The predicted octanol–water partition coefficient (Wildman–Crippen LogP) is 5.68. The van der Waals surface area contributed by atoms with Crippen molar-refractivity contribution in [2.24, 2.45) is 4.99 Å². The quantitative estimate of drug-likeness (QED) is 0.573. The summed E-state index contributed by atoms with van der Waals surface area (Å²) in [4.78, 5) is 6.97. The van der Waals surface area contributed by atoms with E-state index in [1.54, 1.807) is 14.2 Å². The summed E-state index contributed by atoms with van der Waals surface area (Å²) in [5.74, 6) is 3.05. The topological polar surface area (TPSA) is 43.3 Å². The van der Waals surface area contributed by atoms with E-state index in [1.165, 1.54) is 22.3 Å². The number of ether oxygens (including phenoxy) is 3. The lowest BCUT2D eigenvalue weighted by atomic mass is 9.87. The van der Waals surface area contributed by atoms with Gasteiger partial charge in [0.25, 0.3) is 0 Å². The Bertz CT molecular complexity index is 1080. The van der Waals surface area contributed by atoms with Gasteiger partial charge < -0.3 is 14.2 Å². The van der Waals surface area contributed by atoms with Crippen LogP contribution in [-0.4, -0.2) is 38.4 Å². The average Bonchev–Trinajstić information content (AvgIpc) is 3.02. The fourth-order valence-corrected chi connectivity index (χ4v) is 4.25. The molecule has 0 amide bonds. The molecular weight excluding hydrogens is 412 g/mol. The summed E-state index contributed by atoms with van der Waals surface area (Å²) in [6, 6.07) is 12.5. The van der Waals surface area contributed by atoms with E-state index in [9.17, 15) is 0 Å². The lowest BCUT2D eigenvalue weighted by molar-refractivity contribution is 0.272. The van der Waals surface area contributed by atoms with Gasteiger partial charge in [-0.2, -0.15) is 0 Å². The second-order valence-electron chi connectivity index (χ2n) is 9.66. The second kappa shape index (κ2) is 9.84. The Labute approximate surface area is 197 Å². The molecular formula is C28H34N2O3. The molecule has 0 aromatic heterocycles. The highest BCUT2D eigenvalue weighted by Crippen LogP contribution is 2.33. The molecule has 2 heterocycles. The van der Waals surface area contributed by atoms with Gasteiger partial charge in [0, 0.05) is 25.8 Å². The first kappa shape index (κ1) is 23.1. The Kier molecular flexibility index (Phi) is 6.89. The maximum absolute atomic E-state index is 6.03. The van der Waals surface area contributed by atoms with Gasteiger partial charge in [0.2, 0.25) is 5.88 Å². The van der Waals surface area contributed by atoms with E-state index in [-0.39, 0.29) is 5.41 Å². The van der Waals surface area contributed by atoms with E-state index in [4.69, 9.17) is 14.2 Å². The number of methoxy groups -OCH3 is 2. The Morgan fingerprint density at radius 2 is 1.67 bits per heavy atom. The van der Waals surface area contributed by atoms with Gasteiger partial charge in [-0.15, -0.1) is 0 Å². The predicted molar refractivity (Wildman–Crippen MR) is 134 cm³/mol. The molecule has 0 atom stereocenters. The van der Waals surface area contributed by atoms with E-state index < -0.39 is 0 Å². The minimum absolute atomic E-state index is 0.128. The van der Waals surface area contributed by atoms with Crippen molar-refractivity contribution in [2.75, 3.05) is 27.3 Å². The van der Waals surface area contributed by atoms with Crippen molar-refractivity contribution in [2.45, 2.75) is 45.6 Å². The van der Waals surface area contributed by atoms with Crippen LogP contribution in [0, 0.1) is 0 Å². The molecule has 2 aliphatic rings. The molecule has 0 saturated carbocycles. The van der Waals surface area contributed by atoms with Crippen molar-refractivity contribution in [1.29, 1.82) is 0 Å². The summed E-state index contributed by atoms with van der Waals surface area (Å²) in [6.07, 6.45) is 7.86. The van der Waals surface area contributed by atoms with Crippen LogP contribution >= 0.6 is 0 Å². The third-order valence-electron chi connectivity index (χ3n) is 6.22. The van der Waals surface area contributed by atoms with Gasteiger partial charge in [0.15, 0.2) is 11.5 Å². The highest BCUT2D eigenvalue weighted by molar-refractivity contribution is 5.74. The van der Waals surface area contributed by atoms with Crippen LogP contribution in [0.5, 0.6) is 17.2 Å². The van der Waals surface area contributed by atoms with E-state index in [0.29, 0.717) is 5.88 Å². The van der Waals surface area contributed by atoms with E-state index in [1.807, 2.05) is 18.3 Å². The van der Waals surface area contributed by atoms with Crippen LogP contribution in [0.1, 0.15) is 43.9 Å². The molecule has 0 aliphatic carbocycles. The number of fused-ring (bicyclic) bond motifs is 1. The van der Waals surface area contributed by atoms with Gasteiger partial charge >= 0.3 is 0 Å². The lowest BCUT2D eigenvalue weighted by Crippen LogP contribution is -2.32. The number of aliphatic imine (C=N–C) groups is 1. The number of rotatable bonds is 6. The summed E-state index contributed by atoms with van der Waals surface area (Å²) < 4.78 is 17.0. The molecule has 33 heavy (non-hydrogen) atoms. The molecule has 4 rings (SSSR count). The van der Waals surface area contributed by atoms with Crippen molar-refractivity contribution >= 4 is 6.21 Å². The fourth-order valence-electron chi connectivity index (χ4n) is 4.25. The SMILES string of the molecule is COc1cc2c(cc1OC)CN(CC1=CC=NC(Oc3ccc(C(C)(C)C)cc3)=CC1)CC2. The Morgan fingerprint density at radius 1 is 0.970 bits per heavy atom. The van der Waals surface area contributed by atoms with Gasteiger partial charge in [0.1, 0.15) is 5.75 Å². The Balaban J connectivity index is 1.36. The normalized spacial score (nSPS) is 16.4. The summed E-state index contributed by atoms with van der Waals surface area (Å²) >= 11 is 0. The van der Waals surface area contributed by atoms with Crippen LogP contribution < -0.4 is 14.2 Å². The first-order chi connectivity index (χ1) is 15.9. The Morgan fingerprint density at radius 3 is 2.33 bits per heavy atom. The zero-order valence-corrected chi connectivity index (χ0v) is 20.4. The molecule has 2 aromatic rings. The van der Waals surface area contributed by atoms with E-state index in [0.717, 1.165) is 49.7 Å². The molecule has 0 bridgehead atoms. The zero-order chi connectivity index (χ0) is 23.4. The number of nitrogens with zero attached hydrogens (tertiary/aromatic N) is 2. The number of hydrogen-bond donors (Lipinski definition) is 0. The van der Waals surface area contributed by atoms with Crippen molar-refractivity contribution in [3.8, 4) is 17.2 Å². The second-order valence-corrected chi connectivity index (χ2v) is 9.66. The average molecular weight is 447 g/mol. The van der Waals surface area contributed by atoms with Crippen LogP contribution in [-0.2, 0) is 18.4 Å². The molecule has 0 saturated heterocycles.